The summed E-state index contributed by atoms with van der Waals surface area (Å²) in [6, 6.07) is 5.97. The number of fused-ring (bicyclic) bond motifs is 1. The SMILES string of the molecule is NCCC1Cc2c(O)cccc2N1. The van der Waals surface area contributed by atoms with Crippen molar-refractivity contribution in [2.24, 2.45) is 5.73 Å². The average molecular weight is 178 g/mol. The fourth-order valence-corrected chi connectivity index (χ4v) is 1.82. The molecule has 0 saturated heterocycles. The van der Waals surface area contributed by atoms with Crippen molar-refractivity contribution in [3.8, 4) is 5.75 Å². The number of benzene rings is 1. The number of phenols is 1. The highest BCUT2D eigenvalue weighted by Crippen LogP contribution is 2.33. The van der Waals surface area contributed by atoms with E-state index in [0.29, 0.717) is 18.3 Å². The number of rotatable bonds is 2. The number of hydrogen-bond acceptors (Lipinski definition) is 3. The van der Waals surface area contributed by atoms with E-state index in [1.165, 1.54) is 0 Å². The van der Waals surface area contributed by atoms with Gasteiger partial charge >= 0.3 is 0 Å². The summed E-state index contributed by atoms with van der Waals surface area (Å²) in [4.78, 5) is 0. The second kappa shape index (κ2) is 3.26. The molecule has 1 aromatic rings. The molecule has 1 atom stereocenters. The van der Waals surface area contributed by atoms with Crippen LogP contribution >= 0.6 is 0 Å². The van der Waals surface area contributed by atoms with Gasteiger partial charge in [-0.2, -0.15) is 0 Å². The molecular weight excluding hydrogens is 164 g/mol. The lowest BCUT2D eigenvalue weighted by Crippen LogP contribution is -2.19. The van der Waals surface area contributed by atoms with Gasteiger partial charge in [0.05, 0.1) is 0 Å². The minimum Gasteiger partial charge on any atom is -0.508 e. The second-order valence-corrected chi connectivity index (χ2v) is 3.43. The van der Waals surface area contributed by atoms with E-state index in [0.717, 1.165) is 24.1 Å². The van der Waals surface area contributed by atoms with Gasteiger partial charge in [0.1, 0.15) is 5.75 Å². The molecule has 3 nitrogen and oxygen atoms in total. The van der Waals surface area contributed by atoms with Crippen LogP contribution in [0.3, 0.4) is 0 Å². The molecule has 1 heterocycles. The third-order valence-electron chi connectivity index (χ3n) is 2.48. The van der Waals surface area contributed by atoms with E-state index in [1.54, 1.807) is 6.07 Å². The molecule has 0 aliphatic carbocycles. The first-order valence-electron chi connectivity index (χ1n) is 4.58. The maximum atomic E-state index is 9.55. The zero-order valence-electron chi connectivity index (χ0n) is 7.46. The third-order valence-corrected chi connectivity index (χ3v) is 2.48. The van der Waals surface area contributed by atoms with E-state index >= 15 is 0 Å². The molecule has 1 aliphatic rings. The molecule has 0 aromatic heterocycles. The summed E-state index contributed by atoms with van der Waals surface area (Å²) in [5.74, 6) is 0.393. The summed E-state index contributed by atoms with van der Waals surface area (Å²) >= 11 is 0. The molecule has 0 fully saturated rings. The smallest absolute Gasteiger partial charge is 0.120 e. The highest BCUT2D eigenvalue weighted by molar-refractivity contribution is 5.61. The van der Waals surface area contributed by atoms with Crippen LogP contribution in [0.2, 0.25) is 0 Å². The van der Waals surface area contributed by atoms with E-state index in [4.69, 9.17) is 5.73 Å². The summed E-state index contributed by atoms with van der Waals surface area (Å²) in [7, 11) is 0. The third kappa shape index (κ3) is 1.47. The van der Waals surface area contributed by atoms with E-state index in [2.05, 4.69) is 5.32 Å². The molecule has 1 unspecified atom stereocenters. The monoisotopic (exact) mass is 178 g/mol. The molecule has 0 radical (unpaired) electrons. The Kier molecular flexibility index (Phi) is 2.10. The first kappa shape index (κ1) is 8.38. The molecule has 0 spiro atoms. The fraction of sp³-hybridized carbons (Fsp3) is 0.400. The highest BCUT2D eigenvalue weighted by Gasteiger charge is 2.21. The Morgan fingerprint density at radius 2 is 2.38 bits per heavy atom. The summed E-state index contributed by atoms with van der Waals surface area (Å²) in [6.45, 7) is 0.687. The van der Waals surface area contributed by atoms with Gasteiger partial charge in [0, 0.05) is 17.3 Å². The van der Waals surface area contributed by atoms with Crippen molar-refractivity contribution in [1.29, 1.82) is 0 Å². The maximum Gasteiger partial charge on any atom is 0.120 e. The molecule has 0 saturated carbocycles. The molecule has 1 aromatic carbocycles. The predicted molar refractivity (Wildman–Crippen MR) is 52.9 cm³/mol. The van der Waals surface area contributed by atoms with E-state index in [9.17, 15) is 5.11 Å². The second-order valence-electron chi connectivity index (χ2n) is 3.43. The largest absolute Gasteiger partial charge is 0.508 e. The fourth-order valence-electron chi connectivity index (χ4n) is 1.82. The van der Waals surface area contributed by atoms with Gasteiger partial charge in [0.15, 0.2) is 0 Å². The van der Waals surface area contributed by atoms with Crippen molar-refractivity contribution in [2.45, 2.75) is 18.9 Å². The van der Waals surface area contributed by atoms with Crippen LogP contribution in [0, 0.1) is 0 Å². The summed E-state index contributed by atoms with van der Waals surface area (Å²) in [5, 5.41) is 12.9. The lowest BCUT2D eigenvalue weighted by atomic mass is 10.1. The van der Waals surface area contributed by atoms with Crippen molar-refractivity contribution in [3.05, 3.63) is 23.8 Å². The van der Waals surface area contributed by atoms with Gasteiger partial charge in [0.2, 0.25) is 0 Å². The van der Waals surface area contributed by atoms with Crippen molar-refractivity contribution < 1.29 is 5.11 Å². The van der Waals surface area contributed by atoms with Crippen molar-refractivity contribution in [2.75, 3.05) is 11.9 Å². The Morgan fingerprint density at radius 1 is 1.54 bits per heavy atom. The molecule has 4 N–H and O–H groups in total. The Hall–Kier alpha value is -1.22. The lowest BCUT2D eigenvalue weighted by Gasteiger charge is -2.07. The highest BCUT2D eigenvalue weighted by atomic mass is 16.3. The molecule has 2 rings (SSSR count). The van der Waals surface area contributed by atoms with E-state index in [1.807, 2.05) is 12.1 Å². The average Bonchev–Trinajstić information content (AvgIpc) is 2.49. The topological polar surface area (TPSA) is 58.3 Å². The minimum atomic E-state index is 0.393. The van der Waals surface area contributed by atoms with E-state index in [-0.39, 0.29) is 0 Å². The van der Waals surface area contributed by atoms with Crippen molar-refractivity contribution >= 4 is 5.69 Å². The predicted octanol–water partition coefficient (Wildman–Crippen LogP) is 1.08. The van der Waals surface area contributed by atoms with Gasteiger partial charge in [-0.25, -0.2) is 0 Å². The van der Waals surface area contributed by atoms with Gasteiger partial charge < -0.3 is 16.2 Å². The molecule has 13 heavy (non-hydrogen) atoms. The zero-order chi connectivity index (χ0) is 9.26. The van der Waals surface area contributed by atoms with Gasteiger partial charge in [-0.05, 0) is 31.5 Å². The van der Waals surface area contributed by atoms with Crippen molar-refractivity contribution in [1.82, 2.24) is 0 Å². The van der Waals surface area contributed by atoms with Gasteiger partial charge in [-0.1, -0.05) is 6.07 Å². The van der Waals surface area contributed by atoms with Gasteiger partial charge in [-0.15, -0.1) is 0 Å². The Morgan fingerprint density at radius 3 is 3.08 bits per heavy atom. The van der Waals surface area contributed by atoms with Crippen LogP contribution in [-0.2, 0) is 6.42 Å². The molecule has 1 aliphatic heterocycles. The molecule has 3 heteroatoms. The quantitative estimate of drug-likeness (QED) is 0.635. The standard InChI is InChI=1S/C10H14N2O/c11-5-4-7-6-8-9(12-7)2-1-3-10(8)13/h1-3,7,12-13H,4-6,11H2. The normalized spacial score (nSPS) is 19.6. The minimum absolute atomic E-state index is 0.393. The lowest BCUT2D eigenvalue weighted by molar-refractivity contribution is 0.468. The number of aromatic hydroxyl groups is 1. The van der Waals surface area contributed by atoms with Crippen LogP contribution in [0.15, 0.2) is 18.2 Å². The van der Waals surface area contributed by atoms with Crippen LogP contribution in [0.25, 0.3) is 0 Å². The molecular formula is C10H14N2O. The van der Waals surface area contributed by atoms with E-state index < -0.39 is 0 Å². The van der Waals surface area contributed by atoms with Gasteiger partial charge in [-0.3, -0.25) is 0 Å². The number of nitrogens with one attached hydrogen (secondary N) is 1. The Labute approximate surface area is 77.6 Å². The first-order valence-corrected chi connectivity index (χ1v) is 4.58. The van der Waals surface area contributed by atoms with Crippen LogP contribution in [0.4, 0.5) is 5.69 Å². The Bertz CT molecular complexity index is 312. The molecule has 0 amide bonds. The Balaban J connectivity index is 2.20. The van der Waals surface area contributed by atoms with Crippen LogP contribution in [-0.4, -0.2) is 17.7 Å². The number of phenolic OH excluding ortho intramolecular Hbond substituents is 1. The summed E-state index contributed by atoms with van der Waals surface area (Å²) in [5.41, 5.74) is 7.56. The summed E-state index contributed by atoms with van der Waals surface area (Å²) in [6.07, 6.45) is 1.84. The molecule has 70 valence electrons. The summed E-state index contributed by atoms with van der Waals surface area (Å²) < 4.78 is 0. The van der Waals surface area contributed by atoms with Gasteiger partial charge in [0.25, 0.3) is 0 Å². The molecule has 0 bridgehead atoms. The number of nitrogens with two attached hydrogens (primary N) is 1. The zero-order valence-corrected chi connectivity index (χ0v) is 7.46. The van der Waals surface area contributed by atoms with Crippen LogP contribution in [0.5, 0.6) is 5.75 Å². The number of anilines is 1. The maximum absolute atomic E-state index is 9.55. The first-order chi connectivity index (χ1) is 6.31. The van der Waals surface area contributed by atoms with Crippen LogP contribution < -0.4 is 11.1 Å². The van der Waals surface area contributed by atoms with Crippen LogP contribution in [0.1, 0.15) is 12.0 Å². The van der Waals surface area contributed by atoms with Crippen molar-refractivity contribution in [3.63, 3.8) is 0 Å². The number of hydrogen-bond donors (Lipinski definition) is 3.